The van der Waals surface area contributed by atoms with Gasteiger partial charge in [0.05, 0.1) is 20.6 Å². The third-order valence-corrected chi connectivity index (χ3v) is 10.2. The second-order valence-electron chi connectivity index (χ2n) is 4.42. The van der Waals surface area contributed by atoms with E-state index in [4.69, 9.17) is 12.2 Å². The summed E-state index contributed by atoms with van der Waals surface area (Å²) in [7, 11) is -2.88. The molecule has 0 bridgehead atoms. The fourth-order valence-electron chi connectivity index (χ4n) is 2.21. The first kappa shape index (κ1) is 14.2. The third-order valence-electron chi connectivity index (χ3n) is 3.12. The molecule has 3 fully saturated rings. The molecule has 3 heterocycles. The quantitative estimate of drug-likeness (QED) is 0.525. The van der Waals surface area contributed by atoms with Crippen LogP contribution in [-0.4, -0.2) is 52.1 Å². The largest absolute Gasteiger partial charge is 0.293 e. The second-order valence-corrected chi connectivity index (χ2v) is 11.0. The highest BCUT2D eigenvalue weighted by atomic mass is 32.2. The maximum absolute atomic E-state index is 12.2. The van der Waals surface area contributed by atoms with E-state index in [-0.39, 0.29) is 27.9 Å². The van der Waals surface area contributed by atoms with Gasteiger partial charge in [0.1, 0.15) is 4.32 Å². The number of hydrogen-bond acceptors (Lipinski definition) is 7. The summed E-state index contributed by atoms with van der Waals surface area (Å²) in [5.41, 5.74) is 0. The molecule has 0 N–H and O–H groups in total. The molecule has 0 saturated carbocycles. The predicted molar refractivity (Wildman–Crippen MR) is 86.0 cm³/mol. The second kappa shape index (κ2) is 4.94. The van der Waals surface area contributed by atoms with Gasteiger partial charge in [0, 0.05) is 17.0 Å². The molecule has 0 aromatic rings. The van der Waals surface area contributed by atoms with E-state index in [9.17, 15) is 13.2 Å². The lowest BCUT2D eigenvalue weighted by atomic mass is 10.4. The summed E-state index contributed by atoms with van der Waals surface area (Å²) in [6.45, 7) is 2.48. The fourth-order valence-corrected chi connectivity index (χ4v) is 10.4. The first-order valence-electron chi connectivity index (χ1n) is 5.73. The van der Waals surface area contributed by atoms with Crippen LogP contribution in [0.25, 0.3) is 0 Å². The van der Waals surface area contributed by atoms with Crippen LogP contribution in [0.2, 0.25) is 0 Å². The van der Waals surface area contributed by atoms with Gasteiger partial charge in [0.25, 0.3) is 5.91 Å². The van der Waals surface area contributed by atoms with Crippen molar-refractivity contribution in [1.29, 1.82) is 0 Å². The van der Waals surface area contributed by atoms with Crippen LogP contribution in [0.5, 0.6) is 0 Å². The molecule has 19 heavy (non-hydrogen) atoms. The number of carbonyl (C=O) groups excluding carboxylic acids is 1. The lowest BCUT2D eigenvalue weighted by Gasteiger charge is -2.10. The van der Waals surface area contributed by atoms with Gasteiger partial charge >= 0.3 is 0 Å². The summed E-state index contributed by atoms with van der Waals surface area (Å²) in [6, 6.07) is 0. The first-order chi connectivity index (χ1) is 8.91. The fraction of sp³-hybridized carbons (Fsp3) is 0.600. The molecule has 0 radical (unpaired) electrons. The molecule has 104 valence electrons. The minimum absolute atomic E-state index is 0.0321. The summed E-state index contributed by atoms with van der Waals surface area (Å²) < 4.78 is 24.6. The smallest absolute Gasteiger partial charge is 0.267 e. The summed E-state index contributed by atoms with van der Waals surface area (Å²) in [5, 5.41) is 0.185. The van der Waals surface area contributed by atoms with Crippen molar-refractivity contribution in [3.8, 4) is 0 Å². The van der Waals surface area contributed by atoms with Crippen molar-refractivity contribution in [2.75, 3.05) is 18.1 Å². The Labute approximate surface area is 130 Å². The Bertz CT molecular complexity index is 574. The van der Waals surface area contributed by atoms with Crippen molar-refractivity contribution >= 4 is 67.6 Å². The van der Waals surface area contributed by atoms with Gasteiger partial charge in [0.15, 0.2) is 9.84 Å². The first-order valence-corrected chi connectivity index (χ1v) is 10.5. The molecule has 1 amide bonds. The number of sulfone groups is 1. The highest BCUT2D eigenvalue weighted by Gasteiger charge is 2.46. The number of nitrogens with zero attached hydrogens (tertiary/aromatic N) is 1. The molecule has 4 nitrogen and oxygen atoms in total. The van der Waals surface area contributed by atoms with Crippen LogP contribution < -0.4 is 0 Å². The molecule has 0 spiro atoms. The number of hydrogen-bond donors (Lipinski definition) is 0. The van der Waals surface area contributed by atoms with E-state index in [1.165, 1.54) is 35.3 Å². The average molecular weight is 354 g/mol. The Morgan fingerprint density at radius 2 is 1.89 bits per heavy atom. The van der Waals surface area contributed by atoms with Crippen LogP contribution >= 0.6 is 47.5 Å². The van der Waals surface area contributed by atoms with Crippen LogP contribution in [-0.2, 0) is 14.6 Å². The Hall–Kier alpha value is 0.300. The highest BCUT2D eigenvalue weighted by molar-refractivity contribution is 8.30. The zero-order valence-electron chi connectivity index (χ0n) is 9.99. The lowest BCUT2D eigenvalue weighted by Crippen LogP contribution is -2.27. The summed E-state index contributed by atoms with van der Waals surface area (Å²) in [4.78, 5) is 14.5. The van der Waals surface area contributed by atoms with E-state index in [1.54, 1.807) is 4.90 Å². The Morgan fingerprint density at radius 1 is 1.32 bits per heavy atom. The molecule has 0 aromatic heterocycles. The van der Waals surface area contributed by atoms with E-state index >= 15 is 0 Å². The molecule has 3 saturated heterocycles. The van der Waals surface area contributed by atoms with Crippen molar-refractivity contribution in [1.82, 2.24) is 4.90 Å². The summed E-state index contributed by atoms with van der Waals surface area (Å²) in [6.07, 6.45) is 0. The number of thioether (sulfide) groups is 3. The van der Waals surface area contributed by atoms with Crippen LogP contribution in [0.15, 0.2) is 9.14 Å². The molecule has 3 aliphatic rings. The van der Waals surface area contributed by atoms with Gasteiger partial charge in [-0.05, 0) is 6.92 Å². The van der Waals surface area contributed by atoms with Crippen molar-refractivity contribution in [3.05, 3.63) is 9.14 Å². The molecule has 0 aromatic carbocycles. The zero-order valence-corrected chi connectivity index (χ0v) is 14.1. The van der Waals surface area contributed by atoms with Gasteiger partial charge in [-0.25, -0.2) is 8.42 Å². The maximum atomic E-state index is 12.2. The molecule has 2 unspecified atom stereocenters. The third kappa shape index (κ3) is 2.48. The van der Waals surface area contributed by atoms with Crippen LogP contribution in [0.1, 0.15) is 6.92 Å². The average Bonchev–Trinajstić information content (AvgIpc) is 2.87. The van der Waals surface area contributed by atoms with Gasteiger partial charge in [-0.3, -0.25) is 9.69 Å². The van der Waals surface area contributed by atoms with E-state index in [0.717, 1.165) is 4.24 Å². The van der Waals surface area contributed by atoms with E-state index in [0.29, 0.717) is 15.8 Å². The van der Waals surface area contributed by atoms with Gasteiger partial charge in [-0.1, -0.05) is 24.0 Å². The normalized spacial score (nSPS) is 33.4. The van der Waals surface area contributed by atoms with Crippen molar-refractivity contribution < 1.29 is 13.2 Å². The van der Waals surface area contributed by atoms with Gasteiger partial charge in [-0.2, -0.15) is 0 Å². The zero-order chi connectivity index (χ0) is 13.8. The van der Waals surface area contributed by atoms with Crippen molar-refractivity contribution in [3.63, 3.8) is 0 Å². The molecular weight excluding hydrogens is 342 g/mol. The highest BCUT2D eigenvalue weighted by Crippen LogP contribution is 2.54. The van der Waals surface area contributed by atoms with Crippen LogP contribution in [0.4, 0.5) is 0 Å². The van der Waals surface area contributed by atoms with Gasteiger partial charge < -0.3 is 0 Å². The standard InChI is InChI=1S/C10H11NO3S5/c1-2-11-8(12)7(18-10(11)15)9-16-5-3-19(13,14)4-6(5)17-9/h5-6H,2-4H2,1H3. The lowest BCUT2D eigenvalue weighted by molar-refractivity contribution is -0.122. The Kier molecular flexibility index (Phi) is 3.70. The number of likely N-dealkylation sites (N-methyl/N-ethyl adjacent to an activating group) is 1. The van der Waals surface area contributed by atoms with E-state index in [2.05, 4.69) is 0 Å². The van der Waals surface area contributed by atoms with E-state index in [1.807, 2.05) is 6.92 Å². The monoisotopic (exact) mass is 353 g/mol. The minimum atomic E-state index is -2.88. The molecule has 2 atom stereocenters. The SMILES string of the molecule is CCN1C(=O)C(=C2SC3CS(=O)(=O)CC3S2)SC1=S. The number of carbonyl (C=O) groups is 1. The van der Waals surface area contributed by atoms with Crippen LogP contribution in [0.3, 0.4) is 0 Å². The molecule has 3 rings (SSSR count). The van der Waals surface area contributed by atoms with Crippen molar-refractivity contribution in [2.24, 2.45) is 0 Å². The number of fused-ring (bicyclic) bond motifs is 1. The number of thiocarbonyl (C=S) groups is 1. The number of rotatable bonds is 1. The molecule has 0 aliphatic carbocycles. The predicted octanol–water partition coefficient (Wildman–Crippen LogP) is 1.68. The molecule has 9 heteroatoms. The minimum Gasteiger partial charge on any atom is -0.293 e. The molecule has 3 aliphatic heterocycles. The van der Waals surface area contributed by atoms with E-state index < -0.39 is 9.84 Å². The van der Waals surface area contributed by atoms with Gasteiger partial charge in [-0.15, -0.1) is 23.5 Å². The maximum Gasteiger partial charge on any atom is 0.267 e. The number of amides is 1. The Morgan fingerprint density at radius 3 is 2.37 bits per heavy atom. The topological polar surface area (TPSA) is 54.5 Å². The summed E-state index contributed by atoms with van der Waals surface area (Å²) in [5.74, 6) is 0.426. The summed E-state index contributed by atoms with van der Waals surface area (Å²) >= 11 is 9.59. The van der Waals surface area contributed by atoms with Crippen molar-refractivity contribution in [2.45, 2.75) is 17.4 Å². The molecular formula is C10H11NO3S5. The van der Waals surface area contributed by atoms with Gasteiger partial charge in [0.2, 0.25) is 0 Å². The Balaban J connectivity index is 1.85. The van der Waals surface area contributed by atoms with Crippen LogP contribution in [0, 0.1) is 0 Å².